The summed E-state index contributed by atoms with van der Waals surface area (Å²) in [5, 5.41) is 0. The quantitative estimate of drug-likeness (QED) is 0.352. The fourth-order valence-corrected chi connectivity index (χ4v) is 5.12. The summed E-state index contributed by atoms with van der Waals surface area (Å²) in [5.41, 5.74) is 0. The topological polar surface area (TPSA) is 26.3 Å². The number of benzene rings is 1. The van der Waals surface area contributed by atoms with Crippen molar-refractivity contribution in [2.45, 2.75) is 32.1 Å². The number of esters is 1. The van der Waals surface area contributed by atoms with Crippen molar-refractivity contribution in [3.8, 4) is 5.75 Å². The van der Waals surface area contributed by atoms with Crippen LogP contribution < -0.4 is 4.74 Å². The Hall–Kier alpha value is -1.59. The molecule has 5 rings (SSSR count). The van der Waals surface area contributed by atoms with Crippen molar-refractivity contribution in [1.29, 1.82) is 0 Å². The molecule has 0 unspecified atom stereocenters. The molecule has 1 aromatic carbocycles. The van der Waals surface area contributed by atoms with Crippen LogP contribution in [-0.4, -0.2) is 5.97 Å². The predicted octanol–water partition coefficient (Wildman–Crippen LogP) is 4.22. The third-order valence-corrected chi connectivity index (χ3v) is 5.77. The Morgan fingerprint density at radius 1 is 0.870 bits per heavy atom. The van der Waals surface area contributed by atoms with Gasteiger partial charge in [0, 0.05) is 6.07 Å². The van der Waals surface area contributed by atoms with E-state index in [4.69, 9.17) is 4.74 Å². The molecule has 23 heavy (non-hydrogen) atoms. The van der Waals surface area contributed by atoms with Crippen LogP contribution in [0.3, 0.4) is 0 Å². The van der Waals surface area contributed by atoms with E-state index in [0.717, 1.165) is 25.7 Å². The van der Waals surface area contributed by atoms with E-state index >= 15 is 0 Å². The van der Waals surface area contributed by atoms with Gasteiger partial charge in [-0.1, -0.05) is 0 Å². The number of rotatable bonds is 2. The number of carbonyl (C=O) groups excluding carboxylic acids is 1. The van der Waals surface area contributed by atoms with Crippen LogP contribution in [0.15, 0.2) is 6.07 Å². The molecule has 2 nitrogen and oxygen atoms in total. The van der Waals surface area contributed by atoms with Crippen LogP contribution in [0.1, 0.15) is 32.1 Å². The van der Waals surface area contributed by atoms with Crippen LogP contribution >= 0.6 is 0 Å². The molecule has 0 saturated heterocycles. The van der Waals surface area contributed by atoms with Gasteiger partial charge in [0.15, 0.2) is 11.6 Å². The summed E-state index contributed by atoms with van der Waals surface area (Å²) in [7, 11) is 0. The summed E-state index contributed by atoms with van der Waals surface area (Å²) >= 11 is 0. The second-order valence-corrected chi connectivity index (χ2v) is 7.17. The molecule has 124 valence electrons. The zero-order valence-electron chi connectivity index (χ0n) is 12.3. The molecule has 0 radical (unpaired) electrons. The molecule has 0 N–H and O–H groups in total. The summed E-state index contributed by atoms with van der Waals surface area (Å²) in [4.78, 5) is 12.4. The van der Waals surface area contributed by atoms with Crippen LogP contribution in [0.25, 0.3) is 0 Å². The van der Waals surface area contributed by atoms with Crippen molar-refractivity contribution >= 4 is 5.97 Å². The van der Waals surface area contributed by atoms with Gasteiger partial charge in [0.25, 0.3) is 0 Å². The van der Waals surface area contributed by atoms with Gasteiger partial charge in [-0.25, -0.2) is 8.78 Å². The van der Waals surface area contributed by atoms with Gasteiger partial charge < -0.3 is 4.74 Å². The Morgan fingerprint density at radius 2 is 1.35 bits per heavy atom. The van der Waals surface area contributed by atoms with E-state index in [1.807, 2.05) is 0 Å². The Morgan fingerprint density at radius 3 is 1.83 bits per heavy atom. The average molecular weight is 328 g/mol. The minimum Gasteiger partial charge on any atom is -0.420 e. The van der Waals surface area contributed by atoms with Gasteiger partial charge in [-0.15, -0.1) is 0 Å². The van der Waals surface area contributed by atoms with Gasteiger partial charge in [-0.3, -0.25) is 4.79 Å². The number of ether oxygens (including phenoxy) is 1. The van der Waals surface area contributed by atoms with E-state index in [-0.39, 0.29) is 17.9 Å². The first-order chi connectivity index (χ1) is 10.9. The fourth-order valence-electron chi connectivity index (χ4n) is 5.12. The molecule has 4 bridgehead atoms. The van der Waals surface area contributed by atoms with Crippen LogP contribution in [0.5, 0.6) is 5.75 Å². The second kappa shape index (κ2) is 5.21. The number of carbonyl (C=O) groups is 1. The Bertz CT molecular complexity index is 619. The maximum absolute atomic E-state index is 13.7. The van der Waals surface area contributed by atoms with Crippen LogP contribution in [-0.2, 0) is 4.79 Å². The molecule has 0 aromatic heterocycles. The SMILES string of the molecule is O=C(Oc1c(F)c(F)cc(F)c1F)C1C2CC3CC(C2)CC1C3. The third kappa shape index (κ3) is 2.34. The van der Waals surface area contributed by atoms with Gasteiger partial charge in [0.2, 0.25) is 17.4 Å². The lowest BCUT2D eigenvalue weighted by Crippen LogP contribution is -2.49. The maximum Gasteiger partial charge on any atom is 0.315 e. The standard InChI is InChI=1S/C17H16F4O2/c18-11-6-12(19)15(21)16(14(11)20)23-17(22)13-9-2-7-1-8(4-9)5-10(13)3-7/h6-10,13H,1-5H2. The normalized spacial score (nSPS) is 34.7. The van der Waals surface area contributed by atoms with Gasteiger partial charge in [-0.2, -0.15) is 8.78 Å². The van der Waals surface area contributed by atoms with Crippen molar-refractivity contribution in [1.82, 2.24) is 0 Å². The molecule has 0 aliphatic heterocycles. The highest BCUT2D eigenvalue weighted by Gasteiger charge is 2.51. The summed E-state index contributed by atoms with van der Waals surface area (Å²) in [6.45, 7) is 0. The van der Waals surface area contributed by atoms with Gasteiger partial charge in [0.1, 0.15) is 0 Å². The van der Waals surface area contributed by atoms with Crippen LogP contribution in [0.4, 0.5) is 17.6 Å². The number of hydrogen-bond acceptors (Lipinski definition) is 2. The van der Waals surface area contributed by atoms with Gasteiger partial charge in [0.05, 0.1) is 5.92 Å². The Labute approximate surface area is 130 Å². The fraction of sp³-hybridized carbons (Fsp3) is 0.588. The zero-order valence-corrected chi connectivity index (χ0v) is 12.3. The Kier molecular flexibility index (Phi) is 3.39. The monoisotopic (exact) mass is 328 g/mol. The van der Waals surface area contributed by atoms with Crippen molar-refractivity contribution < 1.29 is 27.1 Å². The molecule has 4 aliphatic rings. The molecule has 0 heterocycles. The molecule has 6 heteroatoms. The van der Waals surface area contributed by atoms with Crippen molar-refractivity contribution in [2.75, 3.05) is 0 Å². The summed E-state index contributed by atoms with van der Waals surface area (Å²) in [5.74, 6) is -7.36. The molecule has 4 aliphatic carbocycles. The molecule has 0 amide bonds. The summed E-state index contributed by atoms with van der Waals surface area (Å²) in [6.07, 6.45) is 4.90. The van der Waals surface area contributed by atoms with E-state index in [1.54, 1.807) is 0 Å². The largest absolute Gasteiger partial charge is 0.420 e. The van der Waals surface area contributed by atoms with Crippen LogP contribution in [0, 0.1) is 52.9 Å². The first-order valence-electron chi connectivity index (χ1n) is 7.98. The van der Waals surface area contributed by atoms with E-state index < -0.39 is 40.9 Å². The highest BCUT2D eigenvalue weighted by atomic mass is 19.2. The smallest absolute Gasteiger partial charge is 0.315 e. The van der Waals surface area contributed by atoms with E-state index in [1.165, 1.54) is 6.42 Å². The highest BCUT2D eigenvalue weighted by molar-refractivity contribution is 5.76. The molecule has 4 fully saturated rings. The minimum absolute atomic E-state index is 0.102. The zero-order chi connectivity index (χ0) is 16.3. The van der Waals surface area contributed by atoms with Crippen molar-refractivity contribution in [3.63, 3.8) is 0 Å². The number of halogens is 4. The molecule has 1 aromatic rings. The minimum atomic E-state index is -1.67. The van der Waals surface area contributed by atoms with Gasteiger partial charge in [-0.05, 0) is 55.8 Å². The van der Waals surface area contributed by atoms with E-state index in [0.29, 0.717) is 11.8 Å². The van der Waals surface area contributed by atoms with E-state index in [2.05, 4.69) is 0 Å². The highest BCUT2D eigenvalue weighted by Crippen LogP contribution is 2.56. The van der Waals surface area contributed by atoms with Crippen LogP contribution in [0.2, 0.25) is 0 Å². The Balaban J connectivity index is 1.60. The summed E-state index contributed by atoms with van der Waals surface area (Å²) < 4.78 is 58.6. The van der Waals surface area contributed by atoms with Crippen molar-refractivity contribution in [3.05, 3.63) is 29.3 Å². The first kappa shape index (κ1) is 15.0. The lowest BCUT2D eigenvalue weighted by molar-refractivity contribution is -0.153. The molecular weight excluding hydrogens is 312 g/mol. The molecule has 4 saturated carbocycles. The lowest BCUT2D eigenvalue weighted by Gasteiger charge is -2.53. The third-order valence-electron chi connectivity index (χ3n) is 5.77. The first-order valence-corrected chi connectivity index (χ1v) is 7.98. The van der Waals surface area contributed by atoms with Crippen molar-refractivity contribution in [2.24, 2.45) is 29.6 Å². The molecule has 0 atom stereocenters. The second-order valence-electron chi connectivity index (χ2n) is 7.17. The maximum atomic E-state index is 13.7. The average Bonchev–Trinajstić information content (AvgIpc) is 2.48. The number of hydrogen-bond donors (Lipinski definition) is 0. The lowest BCUT2D eigenvalue weighted by atomic mass is 9.52. The van der Waals surface area contributed by atoms with Gasteiger partial charge >= 0.3 is 5.97 Å². The summed E-state index contributed by atoms with van der Waals surface area (Å²) in [6, 6.07) is 0.102. The molecular formula is C17H16F4O2. The predicted molar refractivity (Wildman–Crippen MR) is 72.4 cm³/mol. The van der Waals surface area contributed by atoms with E-state index in [9.17, 15) is 22.4 Å². The molecule has 0 spiro atoms.